The van der Waals surface area contributed by atoms with E-state index in [0.717, 1.165) is 19.4 Å². The normalized spacial score (nSPS) is 26.1. The molecule has 1 saturated heterocycles. The molecular formula is C9H15NO3S. The molecule has 14 heavy (non-hydrogen) atoms. The van der Waals surface area contributed by atoms with Crippen LogP contribution in [0.5, 0.6) is 0 Å². The Morgan fingerprint density at radius 2 is 2.29 bits per heavy atom. The van der Waals surface area contributed by atoms with E-state index in [-0.39, 0.29) is 6.42 Å². The van der Waals surface area contributed by atoms with Crippen molar-refractivity contribution in [2.45, 2.75) is 31.7 Å². The highest BCUT2D eigenvalue weighted by Gasteiger charge is 2.38. The Labute approximate surface area is 88.8 Å². The number of ether oxygens (including phenoxy) is 1. The molecule has 0 aromatic heterocycles. The Bertz CT molecular complexity index is 236. The van der Waals surface area contributed by atoms with Gasteiger partial charge in [-0.15, -0.1) is 0 Å². The molecule has 0 unspecified atom stereocenters. The molecule has 0 saturated carbocycles. The maximum Gasteiger partial charge on any atom is 0.333 e. The van der Waals surface area contributed by atoms with Crippen molar-refractivity contribution in [1.82, 2.24) is 5.32 Å². The van der Waals surface area contributed by atoms with Gasteiger partial charge in [-0.05, 0) is 26.3 Å². The molecule has 4 nitrogen and oxygen atoms in total. The summed E-state index contributed by atoms with van der Waals surface area (Å²) in [5, 5.41) is 3.03. The van der Waals surface area contributed by atoms with Gasteiger partial charge in [0, 0.05) is 5.75 Å². The summed E-state index contributed by atoms with van der Waals surface area (Å²) in [5.41, 5.74) is -0.674. The minimum Gasteiger partial charge on any atom is -0.392 e. The highest BCUT2D eigenvalue weighted by molar-refractivity contribution is 7.80. The topological polar surface area (TPSA) is 55.4 Å². The summed E-state index contributed by atoms with van der Waals surface area (Å²) < 4.78 is 4.69. The fourth-order valence-electron chi connectivity index (χ4n) is 1.43. The van der Waals surface area contributed by atoms with Crippen molar-refractivity contribution in [1.29, 1.82) is 0 Å². The van der Waals surface area contributed by atoms with E-state index in [4.69, 9.17) is 0 Å². The van der Waals surface area contributed by atoms with Crippen LogP contribution in [0.25, 0.3) is 0 Å². The van der Waals surface area contributed by atoms with Crippen LogP contribution >= 0.6 is 12.6 Å². The molecule has 0 bridgehead atoms. The summed E-state index contributed by atoms with van der Waals surface area (Å²) >= 11 is 3.89. The molecule has 1 N–H and O–H groups in total. The fraction of sp³-hybridized carbons (Fsp3) is 0.778. The molecule has 0 amide bonds. The SMILES string of the molecule is C[C@@]1(C(=O)OC(=O)CCS)CCCN1. The number of thiol groups is 1. The molecule has 0 spiro atoms. The summed E-state index contributed by atoms with van der Waals surface area (Å²) in [6, 6.07) is 0. The summed E-state index contributed by atoms with van der Waals surface area (Å²) in [4.78, 5) is 22.6. The van der Waals surface area contributed by atoms with Crippen LogP contribution in [0.15, 0.2) is 0 Å². The molecule has 0 aromatic rings. The van der Waals surface area contributed by atoms with Crippen molar-refractivity contribution in [2.75, 3.05) is 12.3 Å². The number of rotatable bonds is 3. The lowest BCUT2D eigenvalue weighted by Gasteiger charge is -2.20. The third kappa shape index (κ3) is 2.72. The third-order valence-corrected chi connectivity index (χ3v) is 2.57. The lowest BCUT2D eigenvalue weighted by molar-refractivity contribution is -0.163. The molecule has 1 atom stereocenters. The number of carbonyl (C=O) groups excluding carboxylic acids is 2. The first kappa shape index (κ1) is 11.5. The van der Waals surface area contributed by atoms with Crippen LogP contribution in [0, 0.1) is 0 Å². The van der Waals surface area contributed by atoms with Crippen molar-refractivity contribution in [3.63, 3.8) is 0 Å². The van der Waals surface area contributed by atoms with E-state index in [1.165, 1.54) is 0 Å². The van der Waals surface area contributed by atoms with Gasteiger partial charge in [0.25, 0.3) is 0 Å². The van der Waals surface area contributed by atoms with Gasteiger partial charge in [-0.2, -0.15) is 12.6 Å². The van der Waals surface area contributed by atoms with Gasteiger partial charge in [0.05, 0.1) is 6.42 Å². The van der Waals surface area contributed by atoms with Crippen LogP contribution in [-0.2, 0) is 14.3 Å². The van der Waals surface area contributed by atoms with Crippen molar-refractivity contribution in [3.05, 3.63) is 0 Å². The van der Waals surface area contributed by atoms with Gasteiger partial charge in [-0.1, -0.05) is 0 Å². The number of hydrogen-bond donors (Lipinski definition) is 2. The van der Waals surface area contributed by atoms with Gasteiger partial charge >= 0.3 is 11.9 Å². The molecule has 0 radical (unpaired) electrons. The minimum absolute atomic E-state index is 0.172. The molecule has 80 valence electrons. The molecule has 1 aliphatic rings. The highest BCUT2D eigenvalue weighted by atomic mass is 32.1. The molecule has 1 fully saturated rings. The van der Waals surface area contributed by atoms with Crippen molar-refractivity contribution in [3.8, 4) is 0 Å². The van der Waals surface area contributed by atoms with Crippen molar-refractivity contribution in [2.24, 2.45) is 0 Å². The van der Waals surface area contributed by atoms with Gasteiger partial charge < -0.3 is 10.1 Å². The van der Waals surface area contributed by atoms with E-state index in [0.29, 0.717) is 5.75 Å². The van der Waals surface area contributed by atoms with E-state index < -0.39 is 17.5 Å². The largest absolute Gasteiger partial charge is 0.392 e. The Hall–Kier alpha value is -0.550. The number of carbonyl (C=O) groups is 2. The zero-order valence-corrected chi connectivity index (χ0v) is 9.10. The molecular weight excluding hydrogens is 202 g/mol. The lowest BCUT2D eigenvalue weighted by Crippen LogP contribution is -2.46. The molecule has 0 aromatic carbocycles. The van der Waals surface area contributed by atoms with Crippen LogP contribution in [-0.4, -0.2) is 29.8 Å². The van der Waals surface area contributed by atoms with Gasteiger partial charge in [-0.3, -0.25) is 4.79 Å². The molecule has 1 rings (SSSR count). The second-order valence-corrected chi connectivity index (χ2v) is 4.04. The van der Waals surface area contributed by atoms with Crippen LogP contribution in [0.4, 0.5) is 0 Å². The van der Waals surface area contributed by atoms with Crippen LogP contribution in [0.3, 0.4) is 0 Å². The predicted molar refractivity (Wildman–Crippen MR) is 55.2 cm³/mol. The summed E-state index contributed by atoms with van der Waals surface area (Å²) in [7, 11) is 0. The highest BCUT2D eigenvalue weighted by Crippen LogP contribution is 2.20. The van der Waals surface area contributed by atoms with E-state index in [9.17, 15) is 9.59 Å². The van der Waals surface area contributed by atoms with Crippen LogP contribution < -0.4 is 5.32 Å². The van der Waals surface area contributed by atoms with Crippen molar-refractivity contribution < 1.29 is 14.3 Å². The predicted octanol–water partition coefficient (Wildman–Crippen LogP) is 0.518. The molecule has 1 aliphatic heterocycles. The maximum absolute atomic E-state index is 11.5. The standard InChI is InChI=1S/C9H15NO3S/c1-9(4-2-5-10-9)8(12)13-7(11)3-6-14/h10,14H,2-6H2,1H3/t9-/m0/s1. The Kier molecular flexibility index (Phi) is 3.95. The zero-order chi connectivity index (χ0) is 10.6. The Morgan fingerprint density at radius 1 is 1.57 bits per heavy atom. The first-order chi connectivity index (χ1) is 6.58. The smallest absolute Gasteiger partial charge is 0.333 e. The lowest BCUT2D eigenvalue weighted by atomic mass is 10.0. The molecule has 0 aliphatic carbocycles. The van der Waals surface area contributed by atoms with Gasteiger partial charge in [-0.25, -0.2) is 4.79 Å². The molecule has 1 heterocycles. The third-order valence-electron chi connectivity index (χ3n) is 2.34. The second kappa shape index (κ2) is 4.79. The van der Waals surface area contributed by atoms with E-state index in [1.807, 2.05) is 0 Å². The summed E-state index contributed by atoms with van der Waals surface area (Å²) in [6.45, 7) is 2.56. The number of nitrogens with one attached hydrogen (secondary N) is 1. The second-order valence-electron chi connectivity index (χ2n) is 3.60. The quantitative estimate of drug-likeness (QED) is 0.411. The van der Waals surface area contributed by atoms with Crippen LogP contribution in [0.1, 0.15) is 26.2 Å². The van der Waals surface area contributed by atoms with Crippen LogP contribution in [0.2, 0.25) is 0 Å². The first-order valence-electron chi connectivity index (χ1n) is 4.69. The molecule has 5 heteroatoms. The minimum atomic E-state index is -0.674. The average molecular weight is 217 g/mol. The fourth-order valence-corrected chi connectivity index (χ4v) is 1.61. The number of esters is 2. The van der Waals surface area contributed by atoms with Gasteiger partial charge in [0.1, 0.15) is 5.54 Å². The van der Waals surface area contributed by atoms with E-state index >= 15 is 0 Å². The zero-order valence-electron chi connectivity index (χ0n) is 8.21. The van der Waals surface area contributed by atoms with Gasteiger partial charge in [0.2, 0.25) is 0 Å². The maximum atomic E-state index is 11.5. The first-order valence-corrected chi connectivity index (χ1v) is 5.33. The van der Waals surface area contributed by atoms with Gasteiger partial charge in [0.15, 0.2) is 0 Å². The summed E-state index contributed by atoms with van der Waals surface area (Å²) in [6.07, 6.45) is 1.83. The average Bonchev–Trinajstić information content (AvgIpc) is 2.54. The monoisotopic (exact) mass is 217 g/mol. The van der Waals surface area contributed by atoms with E-state index in [1.54, 1.807) is 6.92 Å². The Balaban J connectivity index is 2.45. The van der Waals surface area contributed by atoms with E-state index in [2.05, 4.69) is 22.7 Å². The summed E-state index contributed by atoms with van der Waals surface area (Å²) in [5.74, 6) is -0.572. The Morgan fingerprint density at radius 3 is 2.79 bits per heavy atom. The van der Waals surface area contributed by atoms with Crippen molar-refractivity contribution >= 4 is 24.6 Å². The number of hydrogen-bond acceptors (Lipinski definition) is 5.